The minimum Gasteiger partial charge on any atom is -0.432 e. The number of ether oxygens (including phenoxy) is 2. The minimum atomic E-state index is -2.89. The van der Waals surface area contributed by atoms with Crippen LogP contribution in [-0.2, 0) is 4.74 Å². The van der Waals surface area contributed by atoms with Crippen LogP contribution in [0.3, 0.4) is 0 Å². The summed E-state index contributed by atoms with van der Waals surface area (Å²) in [5, 5.41) is 7.42. The Labute approximate surface area is 211 Å². The second kappa shape index (κ2) is 10.8. The number of benzene rings is 1. The summed E-state index contributed by atoms with van der Waals surface area (Å²) in [6.07, 6.45) is 4.88. The topological polar surface area (TPSA) is 84.4 Å². The van der Waals surface area contributed by atoms with E-state index in [1.54, 1.807) is 11.3 Å². The monoisotopic (exact) mass is 522 g/mol. The molecule has 0 saturated carbocycles. The van der Waals surface area contributed by atoms with E-state index in [1.807, 2.05) is 11.9 Å². The van der Waals surface area contributed by atoms with Crippen molar-refractivity contribution in [1.82, 2.24) is 19.3 Å². The van der Waals surface area contributed by atoms with Gasteiger partial charge in [0.15, 0.2) is 10.9 Å². The van der Waals surface area contributed by atoms with Crippen LogP contribution in [0.5, 0.6) is 5.75 Å². The van der Waals surface area contributed by atoms with Crippen LogP contribution in [0.1, 0.15) is 19.8 Å². The summed E-state index contributed by atoms with van der Waals surface area (Å²) in [6, 6.07) is 6.47. The molecular weight excluding hydrogens is 494 g/mol. The Morgan fingerprint density at radius 1 is 1.17 bits per heavy atom. The Balaban J connectivity index is 1.08. The standard InChI is InChI=1S/C23H28F2N6O2S2/c1-15(9-26-21-27-11-16(12-28-21)33-20(24)25)10-29-22-30-18-3-2-17(8-19(18)34-22)35-31-6-4-23(5-7-31)13-32-14-23/h2-3,8,11-12,15,20H,4-7,9-10,13-14H2,1H3,(H,29,30)(H,26,27,28). The number of rotatable bonds is 10. The zero-order chi connectivity index (χ0) is 24.3. The normalized spacial score (nSPS) is 18.5. The molecule has 1 unspecified atom stereocenters. The Kier molecular flexibility index (Phi) is 7.51. The molecule has 1 spiro atoms. The molecule has 5 rings (SSSR count). The van der Waals surface area contributed by atoms with Gasteiger partial charge in [0.05, 0.1) is 35.8 Å². The number of hydrogen-bond donors (Lipinski definition) is 2. The molecule has 12 heteroatoms. The highest BCUT2D eigenvalue weighted by atomic mass is 32.2. The molecule has 2 saturated heterocycles. The number of aromatic nitrogens is 3. The molecule has 0 amide bonds. The van der Waals surface area contributed by atoms with Crippen molar-refractivity contribution in [3.05, 3.63) is 30.6 Å². The van der Waals surface area contributed by atoms with Gasteiger partial charge in [-0.2, -0.15) is 8.78 Å². The molecule has 0 radical (unpaired) electrons. The van der Waals surface area contributed by atoms with Crippen molar-refractivity contribution in [3.63, 3.8) is 0 Å². The highest BCUT2D eigenvalue weighted by Gasteiger charge is 2.41. The molecule has 1 atom stereocenters. The van der Waals surface area contributed by atoms with Crippen molar-refractivity contribution in [2.45, 2.75) is 31.3 Å². The van der Waals surface area contributed by atoms with Gasteiger partial charge < -0.3 is 20.1 Å². The van der Waals surface area contributed by atoms with E-state index in [1.165, 1.54) is 34.8 Å². The molecule has 4 heterocycles. The van der Waals surface area contributed by atoms with Crippen LogP contribution in [0.15, 0.2) is 35.5 Å². The number of anilines is 2. The summed E-state index contributed by atoms with van der Waals surface area (Å²) >= 11 is 3.49. The Morgan fingerprint density at radius 2 is 1.91 bits per heavy atom. The third-order valence-electron chi connectivity index (χ3n) is 6.26. The summed E-state index contributed by atoms with van der Waals surface area (Å²) in [5.74, 6) is 0.566. The zero-order valence-corrected chi connectivity index (χ0v) is 21.0. The third-order valence-corrected chi connectivity index (χ3v) is 8.32. The first-order chi connectivity index (χ1) is 17.0. The van der Waals surface area contributed by atoms with E-state index in [2.05, 4.69) is 54.8 Å². The Bertz CT molecular complexity index is 1120. The van der Waals surface area contributed by atoms with Gasteiger partial charge in [0.1, 0.15) is 0 Å². The number of thiazole rings is 1. The second-order valence-corrected chi connectivity index (χ2v) is 11.4. The number of nitrogens with one attached hydrogen (secondary N) is 2. The van der Waals surface area contributed by atoms with Gasteiger partial charge in [-0.25, -0.2) is 19.3 Å². The average Bonchev–Trinajstić information content (AvgIpc) is 3.24. The fourth-order valence-electron chi connectivity index (χ4n) is 4.09. The number of halogens is 2. The van der Waals surface area contributed by atoms with Crippen molar-refractivity contribution >= 4 is 44.6 Å². The number of nitrogens with zero attached hydrogens (tertiary/aromatic N) is 4. The average molecular weight is 523 g/mol. The van der Waals surface area contributed by atoms with Crippen molar-refractivity contribution < 1.29 is 18.3 Å². The molecule has 8 nitrogen and oxygen atoms in total. The number of piperidine rings is 1. The molecule has 1 aromatic carbocycles. The highest BCUT2D eigenvalue weighted by molar-refractivity contribution is 7.97. The van der Waals surface area contributed by atoms with E-state index in [0.29, 0.717) is 17.9 Å². The summed E-state index contributed by atoms with van der Waals surface area (Å²) in [4.78, 5) is 13.9. The summed E-state index contributed by atoms with van der Waals surface area (Å²) in [7, 11) is 0. The Morgan fingerprint density at radius 3 is 2.60 bits per heavy atom. The van der Waals surface area contributed by atoms with Gasteiger partial charge in [0.2, 0.25) is 5.95 Å². The number of alkyl halides is 2. The maximum absolute atomic E-state index is 12.2. The van der Waals surface area contributed by atoms with Crippen LogP contribution in [0.4, 0.5) is 19.9 Å². The first kappa shape index (κ1) is 24.4. The first-order valence-electron chi connectivity index (χ1n) is 11.6. The van der Waals surface area contributed by atoms with Gasteiger partial charge in [-0.15, -0.1) is 0 Å². The van der Waals surface area contributed by atoms with Crippen LogP contribution >= 0.6 is 23.3 Å². The zero-order valence-electron chi connectivity index (χ0n) is 19.4. The third kappa shape index (κ3) is 6.29. The van der Waals surface area contributed by atoms with E-state index in [4.69, 9.17) is 9.72 Å². The minimum absolute atomic E-state index is 0.0641. The smallest absolute Gasteiger partial charge is 0.387 e. The molecule has 35 heavy (non-hydrogen) atoms. The predicted molar refractivity (Wildman–Crippen MR) is 134 cm³/mol. The van der Waals surface area contributed by atoms with Crippen LogP contribution in [0.25, 0.3) is 10.2 Å². The molecule has 0 aliphatic carbocycles. The van der Waals surface area contributed by atoms with Gasteiger partial charge in [-0.1, -0.05) is 18.3 Å². The molecule has 2 aliphatic rings. The lowest BCUT2D eigenvalue weighted by Crippen LogP contribution is -2.49. The lowest BCUT2D eigenvalue weighted by Gasteiger charge is -2.46. The summed E-state index contributed by atoms with van der Waals surface area (Å²) in [5.41, 5.74) is 1.45. The van der Waals surface area contributed by atoms with Crippen LogP contribution < -0.4 is 15.4 Å². The van der Waals surface area contributed by atoms with Gasteiger partial charge in [0.25, 0.3) is 0 Å². The maximum Gasteiger partial charge on any atom is 0.387 e. The number of hydrogen-bond acceptors (Lipinski definition) is 10. The van der Waals surface area contributed by atoms with Crippen LogP contribution in [0.2, 0.25) is 0 Å². The second-order valence-electron chi connectivity index (χ2n) is 9.15. The van der Waals surface area contributed by atoms with E-state index < -0.39 is 6.61 Å². The molecule has 188 valence electrons. The SMILES string of the molecule is CC(CNc1ncc(OC(F)F)cn1)CNc1nc2ccc(SN3CCC4(CC3)COC4)cc2s1. The fourth-order valence-corrected chi connectivity index (χ4v) is 6.04. The van der Waals surface area contributed by atoms with E-state index in [9.17, 15) is 8.78 Å². The molecular formula is C23H28F2N6O2S2. The quantitative estimate of drug-likeness (QED) is 0.359. The van der Waals surface area contributed by atoms with Crippen molar-refractivity contribution in [3.8, 4) is 5.75 Å². The summed E-state index contributed by atoms with van der Waals surface area (Å²) in [6.45, 7) is 4.62. The van der Waals surface area contributed by atoms with Gasteiger partial charge in [-0.3, -0.25) is 0 Å². The lowest BCUT2D eigenvalue weighted by molar-refractivity contribution is -0.133. The predicted octanol–water partition coefficient (Wildman–Crippen LogP) is 4.97. The van der Waals surface area contributed by atoms with Crippen molar-refractivity contribution in [2.75, 3.05) is 50.0 Å². The molecule has 2 N–H and O–H groups in total. The van der Waals surface area contributed by atoms with Gasteiger partial charge in [-0.05, 0) is 48.9 Å². The molecule has 2 aromatic heterocycles. The molecule has 3 aromatic rings. The van der Waals surface area contributed by atoms with E-state index >= 15 is 0 Å². The molecule has 0 bridgehead atoms. The summed E-state index contributed by atoms with van der Waals surface area (Å²) < 4.78 is 37.7. The molecule has 2 aliphatic heterocycles. The van der Waals surface area contributed by atoms with Crippen LogP contribution in [-0.4, -0.2) is 65.3 Å². The maximum atomic E-state index is 12.2. The van der Waals surface area contributed by atoms with Crippen LogP contribution in [0, 0.1) is 11.3 Å². The first-order valence-corrected chi connectivity index (χ1v) is 13.2. The fraction of sp³-hybridized carbons (Fsp3) is 0.522. The van der Waals surface area contributed by atoms with Gasteiger partial charge in [0, 0.05) is 36.5 Å². The Hall–Kier alpha value is -2.28. The highest BCUT2D eigenvalue weighted by Crippen LogP contribution is 2.41. The van der Waals surface area contributed by atoms with Crippen molar-refractivity contribution in [1.29, 1.82) is 0 Å². The number of fused-ring (bicyclic) bond motifs is 1. The molecule has 2 fully saturated rings. The van der Waals surface area contributed by atoms with E-state index in [0.717, 1.165) is 43.5 Å². The van der Waals surface area contributed by atoms with E-state index in [-0.39, 0.29) is 11.7 Å². The lowest BCUT2D eigenvalue weighted by atomic mass is 9.77. The van der Waals surface area contributed by atoms with Gasteiger partial charge >= 0.3 is 6.61 Å². The van der Waals surface area contributed by atoms with Crippen molar-refractivity contribution in [2.24, 2.45) is 11.3 Å². The largest absolute Gasteiger partial charge is 0.432 e.